The number of benzene rings is 1. The summed E-state index contributed by atoms with van der Waals surface area (Å²) < 4.78 is 29.3. The third-order valence-corrected chi connectivity index (χ3v) is 7.01. The van der Waals surface area contributed by atoms with Crippen molar-refractivity contribution in [2.75, 3.05) is 11.5 Å². The largest absolute Gasteiger partial charge is 0.507 e. The van der Waals surface area contributed by atoms with E-state index in [4.69, 9.17) is 16.0 Å². The fourth-order valence-electron chi connectivity index (χ4n) is 3.71. The molecule has 1 amide bonds. The second kappa shape index (κ2) is 6.79. The lowest BCUT2D eigenvalue weighted by atomic mass is 9.99. The van der Waals surface area contributed by atoms with Crippen LogP contribution in [-0.2, 0) is 19.4 Å². The molecule has 0 radical (unpaired) electrons. The number of likely N-dealkylation sites (tertiary alicyclic amines) is 1. The summed E-state index contributed by atoms with van der Waals surface area (Å²) in [7, 11) is -3.29. The van der Waals surface area contributed by atoms with Gasteiger partial charge < -0.3 is 14.4 Å². The van der Waals surface area contributed by atoms with Crippen LogP contribution in [0.4, 0.5) is 0 Å². The molecule has 1 aromatic heterocycles. The van der Waals surface area contributed by atoms with E-state index in [-0.39, 0.29) is 35.0 Å². The van der Waals surface area contributed by atoms with Crippen LogP contribution in [0.2, 0.25) is 5.02 Å². The molecular formula is C19H16ClNO6S. The second-order valence-corrected chi connectivity index (χ2v) is 9.45. The van der Waals surface area contributed by atoms with Gasteiger partial charge >= 0.3 is 0 Å². The maximum atomic E-state index is 12.8. The number of carbonyl (C=O) groups is 2. The molecule has 146 valence electrons. The molecule has 7 nitrogen and oxygen atoms in total. The van der Waals surface area contributed by atoms with Crippen LogP contribution in [0, 0.1) is 0 Å². The number of Topliss-reactive ketones (excluding diaryl/α,β-unsaturated/α-hetero) is 1. The van der Waals surface area contributed by atoms with Crippen molar-refractivity contribution in [2.45, 2.75) is 18.5 Å². The lowest BCUT2D eigenvalue weighted by Gasteiger charge is -2.28. The van der Waals surface area contributed by atoms with Crippen molar-refractivity contribution >= 4 is 38.9 Å². The molecule has 2 unspecified atom stereocenters. The highest BCUT2D eigenvalue weighted by molar-refractivity contribution is 7.91. The molecule has 2 atom stereocenters. The van der Waals surface area contributed by atoms with Crippen LogP contribution < -0.4 is 0 Å². The van der Waals surface area contributed by atoms with Gasteiger partial charge in [0.05, 0.1) is 23.3 Å². The van der Waals surface area contributed by atoms with E-state index in [1.807, 2.05) is 0 Å². The molecule has 2 fully saturated rings. The third kappa shape index (κ3) is 3.12. The second-order valence-electron chi connectivity index (χ2n) is 6.79. The number of halogens is 1. The zero-order chi connectivity index (χ0) is 20.1. The molecule has 2 aliphatic rings. The Hall–Kier alpha value is -2.58. The molecule has 1 N–H and O–H groups in total. The van der Waals surface area contributed by atoms with Gasteiger partial charge in [0.2, 0.25) is 0 Å². The van der Waals surface area contributed by atoms with Crippen LogP contribution in [0.3, 0.4) is 0 Å². The zero-order valence-corrected chi connectivity index (χ0v) is 16.1. The Morgan fingerprint density at radius 2 is 1.89 bits per heavy atom. The molecule has 9 heteroatoms. The molecular weight excluding hydrogens is 406 g/mol. The summed E-state index contributed by atoms with van der Waals surface area (Å²) in [5.74, 6) is -2.09. The highest BCUT2D eigenvalue weighted by atomic mass is 35.5. The van der Waals surface area contributed by atoms with Gasteiger partial charge in [-0.25, -0.2) is 8.42 Å². The molecule has 0 saturated carbocycles. The number of ketones is 1. The summed E-state index contributed by atoms with van der Waals surface area (Å²) in [5.41, 5.74) is 0.185. The highest BCUT2D eigenvalue weighted by Crippen LogP contribution is 2.42. The van der Waals surface area contributed by atoms with E-state index in [1.165, 1.54) is 23.3 Å². The minimum absolute atomic E-state index is 0.0529. The van der Waals surface area contributed by atoms with E-state index in [9.17, 15) is 23.1 Å². The van der Waals surface area contributed by atoms with Crippen molar-refractivity contribution in [2.24, 2.45) is 0 Å². The Kier molecular flexibility index (Phi) is 4.55. The monoisotopic (exact) mass is 421 g/mol. The predicted octanol–water partition coefficient (Wildman–Crippen LogP) is 2.54. The average Bonchev–Trinajstić information content (AvgIpc) is 3.35. The number of hydrogen-bond donors (Lipinski definition) is 1. The first kappa shape index (κ1) is 18.8. The van der Waals surface area contributed by atoms with Crippen LogP contribution >= 0.6 is 11.6 Å². The minimum Gasteiger partial charge on any atom is -0.507 e. The fraction of sp³-hybridized carbons (Fsp3) is 0.263. The normalized spacial score (nSPS) is 26.1. The van der Waals surface area contributed by atoms with Crippen molar-refractivity contribution in [1.82, 2.24) is 4.90 Å². The Labute approximate surface area is 166 Å². The van der Waals surface area contributed by atoms with Crippen molar-refractivity contribution in [3.8, 4) is 0 Å². The number of aliphatic hydroxyl groups is 1. The quantitative estimate of drug-likeness (QED) is 0.464. The number of aliphatic hydroxyl groups excluding tert-OH is 1. The zero-order valence-electron chi connectivity index (χ0n) is 14.5. The molecule has 3 heterocycles. The maximum Gasteiger partial charge on any atom is 0.296 e. The predicted molar refractivity (Wildman–Crippen MR) is 101 cm³/mol. The number of carbonyl (C=O) groups excluding carboxylic acids is 2. The van der Waals surface area contributed by atoms with Crippen molar-refractivity contribution in [3.63, 3.8) is 0 Å². The van der Waals surface area contributed by atoms with Crippen LogP contribution in [0.1, 0.15) is 23.8 Å². The molecule has 0 aliphatic carbocycles. The summed E-state index contributed by atoms with van der Waals surface area (Å²) >= 11 is 5.87. The summed E-state index contributed by atoms with van der Waals surface area (Å²) in [5, 5.41) is 11.3. The molecule has 1 aromatic carbocycles. The molecule has 2 aliphatic heterocycles. The number of hydrogen-bond acceptors (Lipinski definition) is 6. The first-order valence-electron chi connectivity index (χ1n) is 8.58. The molecule has 2 saturated heterocycles. The number of furan rings is 1. The first-order valence-corrected chi connectivity index (χ1v) is 10.8. The Bertz CT molecular complexity index is 1070. The van der Waals surface area contributed by atoms with Gasteiger partial charge in [-0.3, -0.25) is 9.59 Å². The van der Waals surface area contributed by atoms with Gasteiger partial charge in [-0.1, -0.05) is 11.6 Å². The van der Waals surface area contributed by atoms with Crippen LogP contribution in [0.5, 0.6) is 0 Å². The van der Waals surface area contributed by atoms with E-state index in [0.717, 1.165) is 0 Å². The summed E-state index contributed by atoms with van der Waals surface area (Å²) in [6.07, 6.45) is 1.62. The Morgan fingerprint density at radius 1 is 1.18 bits per heavy atom. The van der Waals surface area contributed by atoms with Crippen LogP contribution in [0.15, 0.2) is 52.7 Å². The minimum atomic E-state index is -3.29. The molecule has 28 heavy (non-hydrogen) atoms. The van der Waals surface area contributed by atoms with Crippen LogP contribution in [-0.4, -0.2) is 47.7 Å². The topological polar surface area (TPSA) is 105 Å². The van der Waals surface area contributed by atoms with Crippen LogP contribution in [0.25, 0.3) is 5.76 Å². The molecule has 0 spiro atoms. The van der Waals surface area contributed by atoms with Gasteiger partial charge in [0.15, 0.2) is 9.84 Å². The van der Waals surface area contributed by atoms with Gasteiger partial charge in [0, 0.05) is 16.6 Å². The fourth-order valence-corrected chi connectivity index (χ4v) is 5.55. The lowest BCUT2D eigenvalue weighted by molar-refractivity contribution is -0.141. The summed E-state index contributed by atoms with van der Waals surface area (Å²) in [6, 6.07) is 7.70. The number of amides is 1. The average molecular weight is 422 g/mol. The Balaban J connectivity index is 1.86. The first-order chi connectivity index (χ1) is 13.3. The van der Waals surface area contributed by atoms with E-state index < -0.39 is 33.6 Å². The lowest BCUT2D eigenvalue weighted by Crippen LogP contribution is -2.40. The van der Waals surface area contributed by atoms with Crippen molar-refractivity contribution < 1.29 is 27.5 Å². The third-order valence-electron chi connectivity index (χ3n) is 5.01. The van der Waals surface area contributed by atoms with Gasteiger partial charge in [-0.05, 0) is 42.8 Å². The SMILES string of the molecule is O=C1C(=O)N(C2CCS(=O)(=O)C2)C(c2ccco2)C1=C(O)c1ccc(Cl)cc1. The van der Waals surface area contributed by atoms with Gasteiger partial charge in [0.25, 0.3) is 11.7 Å². The summed E-state index contributed by atoms with van der Waals surface area (Å²) in [6.45, 7) is 0. The van der Waals surface area contributed by atoms with Gasteiger partial charge in [-0.15, -0.1) is 0 Å². The van der Waals surface area contributed by atoms with Gasteiger partial charge in [0.1, 0.15) is 17.6 Å². The van der Waals surface area contributed by atoms with E-state index in [0.29, 0.717) is 10.6 Å². The maximum absolute atomic E-state index is 12.8. The van der Waals surface area contributed by atoms with Crippen molar-refractivity contribution in [1.29, 1.82) is 0 Å². The van der Waals surface area contributed by atoms with E-state index >= 15 is 0 Å². The van der Waals surface area contributed by atoms with Crippen molar-refractivity contribution in [3.05, 3.63) is 64.6 Å². The Morgan fingerprint density at radius 3 is 2.46 bits per heavy atom. The molecule has 2 aromatic rings. The molecule has 0 bridgehead atoms. The smallest absolute Gasteiger partial charge is 0.296 e. The summed E-state index contributed by atoms with van der Waals surface area (Å²) in [4.78, 5) is 26.8. The van der Waals surface area contributed by atoms with Gasteiger partial charge in [-0.2, -0.15) is 0 Å². The number of sulfone groups is 1. The standard InChI is InChI=1S/C19H16ClNO6S/c20-12-5-3-11(4-6-12)17(22)15-16(14-2-1-8-27-14)21(19(24)18(15)23)13-7-9-28(25,26)10-13/h1-6,8,13,16,22H,7,9-10H2. The number of rotatable bonds is 3. The van der Waals surface area contributed by atoms with E-state index in [1.54, 1.807) is 24.3 Å². The highest BCUT2D eigenvalue weighted by Gasteiger charge is 2.52. The number of nitrogens with zero attached hydrogens (tertiary/aromatic N) is 1. The van der Waals surface area contributed by atoms with E-state index in [2.05, 4.69) is 0 Å². The molecule has 4 rings (SSSR count).